The van der Waals surface area contributed by atoms with Gasteiger partial charge < -0.3 is 14.5 Å². The molecule has 1 aromatic heterocycles. The number of fused-ring (bicyclic) bond motifs is 2. The minimum Gasteiger partial charge on any atom is -0.446 e. The zero-order valence-electron chi connectivity index (χ0n) is 18.6. The summed E-state index contributed by atoms with van der Waals surface area (Å²) >= 11 is 0. The second-order valence-electron chi connectivity index (χ2n) is 10.2. The first-order valence-corrected chi connectivity index (χ1v) is 11.7. The predicted molar refractivity (Wildman–Crippen MR) is 117 cm³/mol. The normalized spacial score (nSPS) is 26.0. The Morgan fingerprint density at radius 2 is 1.82 bits per heavy atom. The van der Waals surface area contributed by atoms with Crippen LogP contribution in [0.5, 0.6) is 0 Å². The molecule has 4 aliphatic rings. The first kappa shape index (κ1) is 21.6. The maximum absolute atomic E-state index is 12.8. The van der Waals surface area contributed by atoms with E-state index >= 15 is 0 Å². The molecule has 2 atom stereocenters. The molecule has 7 nitrogen and oxygen atoms in total. The number of halogens is 3. The largest absolute Gasteiger partial charge is 0.446 e. The highest BCUT2D eigenvalue weighted by atomic mass is 19.4. The Labute approximate surface area is 195 Å². The third-order valence-electron chi connectivity index (χ3n) is 7.65. The summed E-state index contributed by atoms with van der Waals surface area (Å²) in [6.07, 6.45) is -0.274. The van der Waals surface area contributed by atoms with E-state index in [9.17, 15) is 18.0 Å². The molecule has 1 amide bonds. The lowest BCUT2D eigenvalue weighted by Crippen LogP contribution is -2.64. The Balaban J connectivity index is 0.963. The van der Waals surface area contributed by atoms with E-state index in [0.29, 0.717) is 24.3 Å². The van der Waals surface area contributed by atoms with Crippen molar-refractivity contribution < 1.29 is 22.7 Å². The quantitative estimate of drug-likeness (QED) is 0.677. The van der Waals surface area contributed by atoms with Gasteiger partial charge in [0, 0.05) is 38.1 Å². The molecule has 4 heterocycles. The van der Waals surface area contributed by atoms with Crippen LogP contribution in [0.4, 0.5) is 23.8 Å². The highest BCUT2D eigenvalue weighted by molar-refractivity contribution is 5.70. The minimum absolute atomic E-state index is 0.0132. The van der Waals surface area contributed by atoms with E-state index in [1.54, 1.807) is 4.90 Å². The number of carbonyl (C=O) groups is 1. The summed E-state index contributed by atoms with van der Waals surface area (Å²) in [6, 6.07) is 10.4. The van der Waals surface area contributed by atoms with Gasteiger partial charge in [-0.15, -0.1) is 0 Å². The molecule has 1 aliphatic carbocycles. The average Bonchev–Trinajstić information content (AvgIpc) is 3.37. The number of amides is 1. The minimum atomic E-state index is -4.50. The fourth-order valence-electron chi connectivity index (χ4n) is 6.10. The second kappa shape index (κ2) is 7.83. The van der Waals surface area contributed by atoms with E-state index in [-0.39, 0.29) is 24.3 Å². The van der Waals surface area contributed by atoms with Gasteiger partial charge in [0.05, 0.1) is 24.5 Å². The van der Waals surface area contributed by atoms with Gasteiger partial charge in [0.15, 0.2) is 5.69 Å². The molecular weight excluding hydrogens is 447 g/mol. The van der Waals surface area contributed by atoms with E-state index in [4.69, 9.17) is 4.74 Å². The Bertz CT molecular complexity index is 1050. The number of aromatic nitrogens is 2. The molecule has 0 N–H and O–H groups in total. The highest BCUT2D eigenvalue weighted by Crippen LogP contribution is 2.50. The Morgan fingerprint density at radius 1 is 1.06 bits per heavy atom. The second-order valence-corrected chi connectivity index (χ2v) is 10.2. The average molecular weight is 473 g/mol. The van der Waals surface area contributed by atoms with E-state index in [1.807, 2.05) is 11.0 Å². The van der Waals surface area contributed by atoms with Gasteiger partial charge in [-0.1, -0.05) is 30.3 Å². The number of rotatable bonds is 4. The maximum atomic E-state index is 12.8. The number of piperazine rings is 1. The summed E-state index contributed by atoms with van der Waals surface area (Å²) in [5.74, 6) is 0.416. The molecular formula is C24H26F3N5O2. The molecule has 0 radical (unpaired) electrons. The summed E-state index contributed by atoms with van der Waals surface area (Å²) < 4.78 is 44.0. The molecule has 10 heteroatoms. The van der Waals surface area contributed by atoms with Crippen LogP contribution >= 0.6 is 0 Å². The van der Waals surface area contributed by atoms with Crippen molar-refractivity contribution in [3.8, 4) is 0 Å². The van der Waals surface area contributed by atoms with Crippen molar-refractivity contribution in [2.24, 2.45) is 5.41 Å². The summed E-state index contributed by atoms with van der Waals surface area (Å²) in [6.45, 7) is 4.09. The van der Waals surface area contributed by atoms with Gasteiger partial charge in [-0.2, -0.15) is 13.2 Å². The van der Waals surface area contributed by atoms with Gasteiger partial charge in [-0.3, -0.25) is 4.90 Å². The van der Waals surface area contributed by atoms with Crippen molar-refractivity contribution in [3.63, 3.8) is 0 Å². The number of alkyl halides is 3. The van der Waals surface area contributed by atoms with Gasteiger partial charge in [0.25, 0.3) is 0 Å². The highest BCUT2D eigenvalue weighted by Gasteiger charge is 2.54. The van der Waals surface area contributed by atoms with Crippen LogP contribution in [-0.2, 0) is 17.5 Å². The van der Waals surface area contributed by atoms with Crippen LogP contribution in [0.3, 0.4) is 0 Å². The first-order valence-electron chi connectivity index (χ1n) is 11.7. The van der Waals surface area contributed by atoms with Gasteiger partial charge in [-0.05, 0) is 24.8 Å². The summed E-state index contributed by atoms with van der Waals surface area (Å²) in [7, 11) is 0. The molecule has 2 aromatic rings. The van der Waals surface area contributed by atoms with E-state index < -0.39 is 11.9 Å². The number of hydrogen-bond donors (Lipinski definition) is 0. The molecule has 0 unspecified atom stereocenters. The molecule has 6 rings (SSSR count). The molecule has 3 aliphatic heterocycles. The van der Waals surface area contributed by atoms with Crippen molar-refractivity contribution >= 4 is 11.9 Å². The number of nitrogens with zero attached hydrogens (tertiary/aromatic N) is 5. The molecule has 1 aromatic carbocycles. The third-order valence-corrected chi connectivity index (χ3v) is 7.65. The van der Waals surface area contributed by atoms with Crippen LogP contribution < -0.4 is 4.90 Å². The van der Waals surface area contributed by atoms with Crippen LogP contribution in [0.1, 0.15) is 30.5 Å². The molecule has 3 saturated heterocycles. The van der Waals surface area contributed by atoms with Crippen LogP contribution in [0, 0.1) is 5.41 Å². The lowest BCUT2D eigenvalue weighted by molar-refractivity contribution is -0.141. The maximum Gasteiger partial charge on any atom is 0.434 e. The molecule has 34 heavy (non-hydrogen) atoms. The van der Waals surface area contributed by atoms with Gasteiger partial charge in [0.2, 0.25) is 0 Å². The standard InChI is InChI=1S/C24H26F3N5O2/c25-24(26,27)20-9-29-21(10-28-20)31-12-18-6-17(31)13-32(18)22(33)34-19-7-23(8-19)14-30(15-23)11-16-4-2-1-3-5-16/h1-5,9-10,17-19H,6-8,11-15H2/t17-,18-/m1/s1. The number of carbonyl (C=O) groups excluding carboxylic acids is 1. The molecule has 2 bridgehead atoms. The van der Waals surface area contributed by atoms with E-state index in [1.165, 1.54) is 11.8 Å². The topological polar surface area (TPSA) is 61.8 Å². The van der Waals surface area contributed by atoms with Gasteiger partial charge >= 0.3 is 12.3 Å². The van der Waals surface area contributed by atoms with Gasteiger partial charge in [-0.25, -0.2) is 14.8 Å². The SMILES string of the molecule is O=C(OC1CC2(C1)CN(Cc1ccccc1)C2)N1C[C@H]2C[C@@H]1CN2c1cnc(C(F)(F)F)cn1. The van der Waals surface area contributed by atoms with Crippen molar-refractivity contribution in [3.05, 3.63) is 54.0 Å². The molecule has 1 saturated carbocycles. The number of anilines is 1. The third kappa shape index (κ3) is 3.87. The molecule has 4 fully saturated rings. The summed E-state index contributed by atoms with van der Waals surface area (Å²) in [5.41, 5.74) is 0.612. The van der Waals surface area contributed by atoms with E-state index in [0.717, 1.165) is 45.1 Å². The van der Waals surface area contributed by atoms with Gasteiger partial charge in [0.1, 0.15) is 11.9 Å². The number of likely N-dealkylation sites (tertiary alicyclic amines) is 2. The molecule has 1 spiro atoms. The smallest absolute Gasteiger partial charge is 0.434 e. The lowest BCUT2D eigenvalue weighted by Gasteiger charge is -2.58. The number of ether oxygens (including phenoxy) is 1. The molecule has 180 valence electrons. The zero-order valence-corrected chi connectivity index (χ0v) is 18.6. The predicted octanol–water partition coefficient (Wildman–Crippen LogP) is 3.56. The van der Waals surface area contributed by atoms with Crippen LogP contribution in [-0.4, -0.2) is 70.2 Å². The van der Waals surface area contributed by atoms with Crippen LogP contribution in [0.25, 0.3) is 0 Å². The summed E-state index contributed by atoms with van der Waals surface area (Å²) in [5, 5.41) is 0. The summed E-state index contributed by atoms with van der Waals surface area (Å²) in [4.78, 5) is 26.4. The van der Waals surface area contributed by atoms with Crippen LogP contribution in [0.15, 0.2) is 42.7 Å². The Hall–Kier alpha value is -2.88. The monoisotopic (exact) mass is 473 g/mol. The fraction of sp³-hybridized carbons (Fsp3) is 0.542. The van der Waals surface area contributed by atoms with Crippen molar-refractivity contribution in [1.82, 2.24) is 19.8 Å². The van der Waals surface area contributed by atoms with Crippen molar-refractivity contribution in [1.29, 1.82) is 0 Å². The first-order chi connectivity index (χ1) is 16.3. The van der Waals surface area contributed by atoms with Crippen molar-refractivity contribution in [2.45, 2.75) is 50.2 Å². The Kier molecular flexibility index (Phi) is 4.98. The van der Waals surface area contributed by atoms with Crippen LogP contribution in [0.2, 0.25) is 0 Å². The lowest BCUT2D eigenvalue weighted by atomic mass is 9.61. The van der Waals surface area contributed by atoms with E-state index in [2.05, 4.69) is 39.1 Å². The Morgan fingerprint density at radius 3 is 2.44 bits per heavy atom. The number of benzene rings is 1. The number of hydrogen-bond acceptors (Lipinski definition) is 6. The fourth-order valence-corrected chi connectivity index (χ4v) is 6.10. The zero-order chi connectivity index (χ0) is 23.5. The van der Waals surface area contributed by atoms with Crippen molar-refractivity contribution in [2.75, 3.05) is 31.1 Å².